The number of esters is 2. The molecule has 3 N–H and O–H groups in total. The Bertz CT molecular complexity index is 1350. The van der Waals surface area contributed by atoms with Gasteiger partial charge in [-0.15, -0.1) is 0 Å². The van der Waals surface area contributed by atoms with E-state index in [1.807, 2.05) is 7.05 Å². The van der Waals surface area contributed by atoms with Gasteiger partial charge in [0.25, 0.3) is 0 Å². The number of nitrogens with zero attached hydrogens (tertiary/aromatic N) is 1. The van der Waals surface area contributed by atoms with Gasteiger partial charge in [-0.05, 0) is 31.5 Å². The van der Waals surface area contributed by atoms with Gasteiger partial charge in [-0.25, -0.2) is 4.79 Å². The van der Waals surface area contributed by atoms with E-state index < -0.39 is 88.3 Å². The van der Waals surface area contributed by atoms with Gasteiger partial charge in [-0.1, -0.05) is 18.2 Å². The zero-order chi connectivity index (χ0) is 32.3. The van der Waals surface area contributed by atoms with Crippen molar-refractivity contribution in [3.63, 3.8) is 0 Å². The molecule has 12 heteroatoms. The highest BCUT2D eigenvalue weighted by Crippen LogP contribution is 2.80. The van der Waals surface area contributed by atoms with Gasteiger partial charge in [0, 0.05) is 83.0 Å². The van der Waals surface area contributed by atoms with Gasteiger partial charge in [0.2, 0.25) is 0 Å². The van der Waals surface area contributed by atoms with Crippen molar-refractivity contribution in [2.45, 2.75) is 73.6 Å². The van der Waals surface area contributed by atoms with Crippen molar-refractivity contribution < 1.29 is 53.3 Å². The van der Waals surface area contributed by atoms with Crippen LogP contribution in [0.1, 0.15) is 30.1 Å². The van der Waals surface area contributed by atoms with Crippen molar-refractivity contribution in [3.8, 4) is 0 Å². The van der Waals surface area contributed by atoms with E-state index in [0.717, 1.165) is 0 Å². The third-order valence-electron chi connectivity index (χ3n) is 12.9. The third kappa shape index (κ3) is 3.55. The lowest BCUT2D eigenvalue weighted by Crippen LogP contribution is -2.81. The van der Waals surface area contributed by atoms with Crippen molar-refractivity contribution >= 4 is 11.9 Å². The minimum atomic E-state index is -1.83. The summed E-state index contributed by atoms with van der Waals surface area (Å²) in [6.07, 6.45) is -5.50. The average Bonchev–Trinajstić information content (AvgIpc) is 3.40. The Kier molecular flexibility index (Phi) is 7.28. The SMILES string of the molecule is COC[C@]12CN(C)[C@@H]3[C@@H]4[C@H](OC)[C@H]1[C@@]3([C@@H](OC)C[C@H]2O)[C@@H]1C[C@@]2(O)[C@H](OC(=O)c3ccccc3)[C@@H]1[C@]4(OC(C)=O)[C@@H](O)[C@@H]2OC. The van der Waals surface area contributed by atoms with Gasteiger partial charge in [0.15, 0.2) is 5.60 Å². The number of hydrogen-bond donors (Lipinski definition) is 3. The number of carbonyl (C=O) groups excluding carboxylic acids is 2. The summed E-state index contributed by atoms with van der Waals surface area (Å²) in [5.74, 6) is -3.66. The van der Waals surface area contributed by atoms with Gasteiger partial charge < -0.3 is 48.6 Å². The van der Waals surface area contributed by atoms with Gasteiger partial charge in [0.1, 0.15) is 23.9 Å². The molecule has 1 aliphatic heterocycles. The van der Waals surface area contributed by atoms with Crippen LogP contribution in [-0.2, 0) is 33.2 Å². The van der Waals surface area contributed by atoms with Crippen molar-refractivity contribution in [2.24, 2.45) is 34.5 Å². The van der Waals surface area contributed by atoms with E-state index in [1.165, 1.54) is 14.0 Å². The standard InChI is InChI=1S/C33H45NO11/c1-16(35)45-33-21-18(13-31(39,28(43-6)26(33)37)27(21)44-29(38)17-10-8-7-9-11-17)32-20(41-4)12-19(36)30(15-40-3)14-34(2)25(32)22(33)23(42-5)24(30)32/h7-11,18-28,36-37,39H,12-15H2,1-6H3/t18-,19-,20+,21-,22+,23+,24-,25-,26+,27-,28+,30+,31-,32+,33-/m1/s1. The summed E-state index contributed by atoms with van der Waals surface area (Å²) in [7, 11) is 8.20. The van der Waals surface area contributed by atoms with E-state index in [-0.39, 0.29) is 25.0 Å². The number of benzene rings is 1. The Morgan fingerprint density at radius 1 is 1.00 bits per heavy atom. The van der Waals surface area contributed by atoms with E-state index >= 15 is 0 Å². The van der Waals surface area contributed by atoms with Gasteiger partial charge >= 0.3 is 11.9 Å². The number of carbonyl (C=O) groups is 2. The highest BCUT2D eigenvalue weighted by molar-refractivity contribution is 5.89. The lowest BCUT2D eigenvalue weighted by Gasteiger charge is -2.70. The summed E-state index contributed by atoms with van der Waals surface area (Å²) in [5.41, 5.74) is -4.79. The van der Waals surface area contributed by atoms with Crippen molar-refractivity contribution in [1.82, 2.24) is 4.90 Å². The second-order valence-electron chi connectivity index (χ2n) is 14.3. The zero-order valence-corrected chi connectivity index (χ0v) is 26.6. The normalized spacial score (nSPS) is 50.7. The van der Waals surface area contributed by atoms with Crippen LogP contribution in [0.4, 0.5) is 0 Å². The number of piperidine rings is 1. The highest BCUT2D eigenvalue weighted by Gasteiger charge is 2.92. The number of aliphatic hydroxyl groups is 3. The predicted octanol–water partition coefficient (Wildman–Crippen LogP) is 0.258. The molecule has 15 atom stereocenters. The molecule has 5 saturated carbocycles. The molecule has 1 aromatic rings. The first-order valence-corrected chi connectivity index (χ1v) is 15.8. The molecule has 0 radical (unpaired) electrons. The van der Waals surface area contributed by atoms with Crippen molar-refractivity contribution in [1.29, 1.82) is 0 Å². The minimum Gasteiger partial charge on any atom is -0.455 e. The molecule has 0 unspecified atom stereocenters. The fraction of sp³-hybridized carbons (Fsp3) is 0.758. The summed E-state index contributed by atoms with van der Waals surface area (Å²) >= 11 is 0. The molecule has 5 aliphatic carbocycles. The molecule has 6 fully saturated rings. The minimum absolute atomic E-state index is 0.0754. The predicted molar refractivity (Wildman–Crippen MR) is 156 cm³/mol. The van der Waals surface area contributed by atoms with Crippen molar-refractivity contribution in [2.75, 3.05) is 48.6 Å². The summed E-state index contributed by atoms with van der Waals surface area (Å²) in [5, 5.41) is 37.0. The molecule has 1 aromatic carbocycles. The monoisotopic (exact) mass is 631 g/mol. The molecule has 6 aliphatic rings. The molecule has 7 rings (SSSR count). The first-order chi connectivity index (χ1) is 21.4. The van der Waals surface area contributed by atoms with Crippen LogP contribution in [0.15, 0.2) is 30.3 Å². The maximum Gasteiger partial charge on any atom is 0.338 e. The van der Waals surface area contributed by atoms with Crippen LogP contribution in [0.3, 0.4) is 0 Å². The quantitative estimate of drug-likeness (QED) is 0.337. The number of rotatable bonds is 8. The topological polar surface area (TPSA) is 153 Å². The van der Waals surface area contributed by atoms with E-state index in [9.17, 15) is 24.9 Å². The molecule has 1 saturated heterocycles. The second kappa shape index (κ2) is 10.4. The Labute approximate surface area is 262 Å². The molecule has 12 nitrogen and oxygen atoms in total. The summed E-state index contributed by atoms with van der Waals surface area (Å²) in [6.45, 7) is 2.00. The summed E-state index contributed by atoms with van der Waals surface area (Å²) in [6, 6.07) is 8.15. The van der Waals surface area contributed by atoms with Gasteiger partial charge in [-0.2, -0.15) is 0 Å². The summed E-state index contributed by atoms with van der Waals surface area (Å²) < 4.78 is 37.2. The zero-order valence-electron chi connectivity index (χ0n) is 26.6. The van der Waals surface area contributed by atoms with Crippen LogP contribution in [0.25, 0.3) is 0 Å². The maximum absolute atomic E-state index is 13.7. The van der Waals surface area contributed by atoms with Crippen LogP contribution >= 0.6 is 0 Å². The number of aliphatic hydroxyl groups excluding tert-OH is 2. The highest BCUT2D eigenvalue weighted by atomic mass is 16.6. The van der Waals surface area contributed by atoms with E-state index in [2.05, 4.69) is 4.90 Å². The molecule has 1 heterocycles. The molecule has 1 spiro atoms. The van der Waals surface area contributed by atoms with E-state index in [0.29, 0.717) is 18.5 Å². The van der Waals surface area contributed by atoms with E-state index in [1.54, 1.807) is 51.7 Å². The fourth-order valence-electron chi connectivity index (χ4n) is 12.2. The number of fused-ring (bicyclic) bond motifs is 2. The second-order valence-corrected chi connectivity index (χ2v) is 14.3. The molecule has 0 aromatic heterocycles. The van der Waals surface area contributed by atoms with Gasteiger partial charge in [-0.3, -0.25) is 4.79 Å². The first kappa shape index (κ1) is 31.4. The van der Waals surface area contributed by atoms with Gasteiger partial charge in [0.05, 0.1) is 30.5 Å². The van der Waals surface area contributed by atoms with Crippen LogP contribution in [0, 0.1) is 34.5 Å². The smallest absolute Gasteiger partial charge is 0.338 e. The maximum atomic E-state index is 13.7. The number of hydrogen-bond acceptors (Lipinski definition) is 12. The van der Waals surface area contributed by atoms with Crippen LogP contribution in [-0.4, -0.2) is 135 Å². The number of methoxy groups -OCH3 is 4. The molecule has 7 bridgehead atoms. The molecular formula is C33H45NO11. The summed E-state index contributed by atoms with van der Waals surface area (Å²) in [4.78, 5) is 29.1. The largest absolute Gasteiger partial charge is 0.455 e. The van der Waals surface area contributed by atoms with Crippen molar-refractivity contribution in [3.05, 3.63) is 35.9 Å². The Morgan fingerprint density at radius 2 is 1.71 bits per heavy atom. The van der Waals surface area contributed by atoms with Crippen LogP contribution in [0.5, 0.6) is 0 Å². The lowest BCUT2D eigenvalue weighted by molar-refractivity contribution is -0.321. The first-order valence-electron chi connectivity index (χ1n) is 15.8. The fourth-order valence-corrected chi connectivity index (χ4v) is 12.2. The Hall–Kier alpha value is -2.16. The Balaban J connectivity index is 1.52. The lowest BCUT2D eigenvalue weighted by atomic mass is 9.42. The Morgan fingerprint density at radius 3 is 2.31 bits per heavy atom. The molecule has 0 amide bonds. The number of likely N-dealkylation sites (tertiary alicyclic amines) is 1. The number of ether oxygens (including phenoxy) is 6. The molecular weight excluding hydrogens is 586 g/mol. The average molecular weight is 632 g/mol. The third-order valence-corrected chi connectivity index (χ3v) is 12.9. The molecule has 45 heavy (non-hydrogen) atoms. The van der Waals surface area contributed by atoms with Crippen LogP contribution in [0.2, 0.25) is 0 Å². The van der Waals surface area contributed by atoms with Crippen LogP contribution < -0.4 is 0 Å². The molecule has 248 valence electrons. The van der Waals surface area contributed by atoms with E-state index in [4.69, 9.17) is 28.4 Å².